The number of hydrogen-bond donors (Lipinski definition) is 0. The van der Waals surface area contributed by atoms with E-state index in [1.165, 1.54) is 17.5 Å². The van der Waals surface area contributed by atoms with E-state index in [2.05, 4.69) is 36.1 Å². The van der Waals surface area contributed by atoms with E-state index in [9.17, 15) is 4.79 Å². The van der Waals surface area contributed by atoms with Crippen LogP contribution in [0.1, 0.15) is 24.0 Å². The Labute approximate surface area is 133 Å². The number of hydrogen-bond acceptors (Lipinski definition) is 3. The average molecular weight is 302 g/mol. The summed E-state index contributed by atoms with van der Waals surface area (Å²) in [5.41, 5.74) is 2.48. The van der Waals surface area contributed by atoms with E-state index >= 15 is 0 Å². The molecule has 0 saturated carbocycles. The minimum Gasteiger partial charge on any atom is -0.381 e. The number of rotatable bonds is 5. The summed E-state index contributed by atoms with van der Waals surface area (Å²) in [7, 11) is 0. The summed E-state index contributed by atoms with van der Waals surface area (Å²) in [6.07, 6.45) is 2.34. The van der Waals surface area contributed by atoms with Crippen LogP contribution in [0.3, 0.4) is 0 Å². The van der Waals surface area contributed by atoms with Gasteiger partial charge in [-0.1, -0.05) is 29.8 Å². The van der Waals surface area contributed by atoms with Crippen molar-refractivity contribution in [2.24, 2.45) is 5.92 Å². The molecule has 1 atom stereocenters. The molecule has 1 aromatic rings. The van der Waals surface area contributed by atoms with Crippen molar-refractivity contribution in [2.45, 2.75) is 26.3 Å². The normalized spacial score (nSPS) is 23.2. The molecule has 2 aliphatic rings. The number of nitrogens with zero attached hydrogens (tertiary/aromatic N) is 2. The van der Waals surface area contributed by atoms with Crippen molar-refractivity contribution >= 4 is 5.91 Å². The van der Waals surface area contributed by atoms with Gasteiger partial charge in [0.15, 0.2) is 0 Å². The third kappa shape index (κ3) is 4.08. The summed E-state index contributed by atoms with van der Waals surface area (Å²) in [5.74, 6) is 0.954. The summed E-state index contributed by atoms with van der Waals surface area (Å²) < 4.78 is 5.42. The molecule has 120 valence electrons. The average Bonchev–Trinajstić information content (AvgIpc) is 3.01. The highest BCUT2D eigenvalue weighted by atomic mass is 16.5. The Morgan fingerprint density at radius 3 is 2.95 bits per heavy atom. The van der Waals surface area contributed by atoms with Gasteiger partial charge >= 0.3 is 0 Å². The fourth-order valence-corrected chi connectivity index (χ4v) is 3.32. The molecule has 0 N–H and O–H groups in total. The maximum atomic E-state index is 12.3. The summed E-state index contributed by atoms with van der Waals surface area (Å²) in [6.45, 7) is 8.08. The summed E-state index contributed by atoms with van der Waals surface area (Å²) in [4.78, 5) is 16.6. The number of aryl methyl sites for hydroxylation is 1. The number of amides is 1. The Hall–Kier alpha value is -1.39. The molecule has 2 saturated heterocycles. The second-order valence-electron chi connectivity index (χ2n) is 6.60. The SMILES string of the molecule is Cc1cccc(CN2CCN(CCC3CCOC3)CC2=O)c1. The smallest absolute Gasteiger partial charge is 0.237 e. The van der Waals surface area contributed by atoms with Crippen molar-refractivity contribution in [3.63, 3.8) is 0 Å². The van der Waals surface area contributed by atoms with Crippen LogP contribution in [-0.4, -0.2) is 55.1 Å². The van der Waals surface area contributed by atoms with Gasteiger partial charge in [0.05, 0.1) is 6.54 Å². The molecule has 1 aromatic carbocycles. The monoisotopic (exact) mass is 302 g/mol. The predicted molar refractivity (Wildman–Crippen MR) is 86.6 cm³/mol. The second-order valence-corrected chi connectivity index (χ2v) is 6.60. The van der Waals surface area contributed by atoms with Crippen LogP contribution in [0.15, 0.2) is 24.3 Å². The number of benzene rings is 1. The zero-order chi connectivity index (χ0) is 15.4. The lowest BCUT2D eigenvalue weighted by atomic mass is 10.0. The minimum absolute atomic E-state index is 0.260. The Morgan fingerprint density at radius 1 is 1.32 bits per heavy atom. The first-order valence-electron chi connectivity index (χ1n) is 8.34. The van der Waals surface area contributed by atoms with Crippen LogP contribution in [0.4, 0.5) is 0 Å². The van der Waals surface area contributed by atoms with Crippen LogP contribution in [0.5, 0.6) is 0 Å². The molecule has 0 spiro atoms. The number of carbonyl (C=O) groups excluding carboxylic acids is 1. The lowest BCUT2D eigenvalue weighted by Crippen LogP contribution is -2.50. The maximum Gasteiger partial charge on any atom is 0.237 e. The Kier molecular flexibility index (Phi) is 5.11. The number of ether oxygens (including phenoxy) is 1. The van der Waals surface area contributed by atoms with Crippen LogP contribution in [-0.2, 0) is 16.1 Å². The molecule has 22 heavy (non-hydrogen) atoms. The molecule has 1 amide bonds. The van der Waals surface area contributed by atoms with E-state index in [4.69, 9.17) is 4.74 Å². The van der Waals surface area contributed by atoms with Crippen LogP contribution in [0.2, 0.25) is 0 Å². The lowest BCUT2D eigenvalue weighted by molar-refractivity contribution is -0.136. The fraction of sp³-hybridized carbons (Fsp3) is 0.611. The van der Waals surface area contributed by atoms with Crippen LogP contribution in [0.25, 0.3) is 0 Å². The molecule has 4 heteroatoms. The Morgan fingerprint density at radius 2 is 2.23 bits per heavy atom. The highest BCUT2D eigenvalue weighted by Gasteiger charge is 2.25. The summed E-state index contributed by atoms with van der Waals surface area (Å²) >= 11 is 0. The van der Waals surface area contributed by atoms with Gasteiger partial charge in [0.1, 0.15) is 0 Å². The highest BCUT2D eigenvalue weighted by molar-refractivity contribution is 5.79. The third-order valence-corrected chi connectivity index (χ3v) is 4.73. The fourth-order valence-electron chi connectivity index (χ4n) is 3.32. The molecule has 2 aliphatic heterocycles. The molecule has 2 heterocycles. The van der Waals surface area contributed by atoms with Crippen LogP contribution < -0.4 is 0 Å². The van der Waals surface area contributed by atoms with Crippen molar-refractivity contribution in [3.05, 3.63) is 35.4 Å². The molecule has 4 nitrogen and oxygen atoms in total. The Bertz CT molecular complexity index is 512. The van der Waals surface area contributed by atoms with Gasteiger partial charge in [0, 0.05) is 32.8 Å². The van der Waals surface area contributed by atoms with Gasteiger partial charge in [0.2, 0.25) is 5.91 Å². The lowest BCUT2D eigenvalue weighted by Gasteiger charge is -2.34. The van der Waals surface area contributed by atoms with Crippen molar-refractivity contribution in [2.75, 3.05) is 39.4 Å². The first kappa shape index (κ1) is 15.5. The molecular formula is C18H26N2O2. The number of piperazine rings is 1. The summed E-state index contributed by atoms with van der Waals surface area (Å²) in [5, 5.41) is 0. The third-order valence-electron chi connectivity index (χ3n) is 4.73. The van der Waals surface area contributed by atoms with E-state index in [0.29, 0.717) is 12.5 Å². The van der Waals surface area contributed by atoms with E-state index in [0.717, 1.165) is 45.8 Å². The van der Waals surface area contributed by atoms with Crippen molar-refractivity contribution < 1.29 is 9.53 Å². The van der Waals surface area contributed by atoms with Gasteiger partial charge in [0.25, 0.3) is 0 Å². The second kappa shape index (κ2) is 7.25. The quantitative estimate of drug-likeness (QED) is 0.835. The van der Waals surface area contributed by atoms with Gasteiger partial charge in [-0.05, 0) is 37.8 Å². The molecule has 3 rings (SSSR count). The van der Waals surface area contributed by atoms with Gasteiger partial charge in [-0.3, -0.25) is 9.69 Å². The molecule has 1 unspecified atom stereocenters. The predicted octanol–water partition coefficient (Wildman–Crippen LogP) is 2.07. The first-order valence-corrected chi connectivity index (χ1v) is 8.34. The van der Waals surface area contributed by atoms with E-state index < -0.39 is 0 Å². The molecule has 0 radical (unpaired) electrons. The van der Waals surface area contributed by atoms with Crippen LogP contribution >= 0.6 is 0 Å². The molecule has 0 aromatic heterocycles. The summed E-state index contributed by atoms with van der Waals surface area (Å²) in [6, 6.07) is 8.43. The first-order chi connectivity index (χ1) is 10.7. The zero-order valence-corrected chi connectivity index (χ0v) is 13.5. The molecule has 2 fully saturated rings. The molecule has 0 bridgehead atoms. The van der Waals surface area contributed by atoms with E-state index in [1.54, 1.807) is 0 Å². The van der Waals surface area contributed by atoms with Gasteiger partial charge in [-0.2, -0.15) is 0 Å². The van der Waals surface area contributed by atoms with Crippen molar-refractivity contribution in [1.82, 2.24) is 9.80 Å². The molecular weight excluding hydrogens is 276 g/mol. The standard InChI is InChI=1S/C18H26N2O2/c1-15-3-2-4-17(11-15)12-20-9-8-19(13-18(20)21)7-5-16-6-10-22-14-16/h2-4,11,16H,5-10,12-14H2,1H3. The molecule has 0 aliphatic carbocycles. The van der Waals surface area contributed by atoms with E-state index in [-0.39, 0.29) is 5.91 Å². The minimum atomic E-state index is 0.260. The van der Waals surface area contributed by atoms with Gasteiger partial charge in [-0.25, -0.2) is 0 Å². The largest absolute Gasteiger partial charge is 0.381 e. The Balaban J connectivity index is 1.46. The van der Waals surface area contributed by atoms with Gasteiger partial charge in [-0.15, -0.1) is 0 Å². The highest BCUT2D eigenvalue weighted by Crippen LogP contribution is 2.18. The zero-order valence-electron chi connectivity index (χ0n) is 13.5. The van der Waals surface area contributed by atoms with Gasteiger partial charge < -0.3 is 9.64 Å². The number of carbonyl (C=O) groups is 1. The maximum absolute atomic E-state index is 12.3. The van der Waals surface area contributed by atoms with Crippen molar-refractivity contribution in [3.8, 4) is 0 Å². The van der Waals surface area contributed by atoms with Crippen molar-refractivity contribution in [1.29, 1.82) is 0 Å². The topological polar surface area (TPSA) is 32.8 Å². The van der Waals surface area contributed by atoms with Crippen LogP contribution in [0, 0.1) is 12.8 Å². The van der Waals surface area contributed by atoms with E-state index in [1.807, 2.05) is 4.90 Å².